The first-order valence-electron chi connectivity index (χ1n) is 5.71. The third-order valence-electron chi connectivity index (χ3n) is 2.90. The summed E-state index contributed by atoms with van der Waals surface area (Å²) < 4.78 is 0. The highest BCUT2D eigenvalue weighted by Crippen LogP contribution is 2.10. The maximum absolute atomic E-state index is 11.8. The standard InChI is InChI=1S/C11H16N4O3/c1-6(4-5-12)9(10(13)17)15-11(18)7-2-3-8(16)14-7/h6-7,9H,2-4H2,1H3,(H2,13,17)(H,14,16)(H,15,18)/t6-,7+,9-/m1/s1. The molecule has 7 heteroatoms. The van der Waals surface area contributed by atoms with Gasteiger partial charge in [0.2, 0.25) is 17.7 Å². The highest BCUT2D eigenvalue weighted by Gasteiger charge is 2.31. The lowest BCUT2D eigenvalue weighted by molar-refractivity contribution is -0.130. The molecule has 0 aromatic heterocycles. The smallest absolute Gasteiger partial charge is 0.243 e. The molecule has 98 valence electrons. The quantitative estimate of drug-likeness (QED) is 0.567. The Morgan fingerprint density at radius 3 is 2.78 bits per heavy atom. The maximum Gasteiger partial charge on any atom is 0.243 e. The topological polar surface area (TPSA) is 125 Å². The van der Waals surface area contributed by atoms with Gasteiger partial charge in [0.05, 0.1) is 6.07 Å². The van der Waals surface area contributed by atoms with Crippen LogP contribution in [0.25, 0.3) is 0 Å². The number of nitrogens with one attached hydrogen (secondary N) is 2. The van der Waals surface area contributed by atoms with Crippen molar-refractivity contribution in [1.29, 1.82) is 5.26 Å². The van der Waals surface area contributed by atoms with E-state index in [1.807, 2.05) is 6.07 Å². The molecule has 18 heavy (non-hydrogen) atoms. The van der Waals surface area contributed by atoms with Gasteiger partial charge in [-0.1, -0.05) is 6.92 Å². The Hall–Kier alpha value is -2.10. The summed E-state index contributed by atoms with van der Waals surface area (Å²) in [5.74, 6) is -1.67. The molecule has 3 amide bonds. The average molecular weight is 252 g/mol. The van der Waals surface area contributed by atoms with E-state index in [1.165, 1.54) is 0 Å². The van der Waals surface area contributed by atoms with Gasteiger partial charge in [-0.25, -0.2) is 0 Å². The average Bonchev–Trinajstić information content (AvgIpc) is 2.72. The molecule has 0 aromatic carbocycles. The van der Waals surface area contributed by atoms with Crippen LogP contribution < -0.4 is 16.4 Å². The van der Waals surface area contributed by atoms with Crippen molar-refractivity contribution in [2.45, 2.75) is 38.3 Å². The summed E-state index contributed by atoms with van der Waals surface area (Å²) in [4.78, 5) is 34.0. The molecular formula is C11H16N4O3. The highest BCUT2D eigenvalue weighted by molar-refractivity contribution is 5.93. The van der Waals surface area contributed by atoms with Gasteiger partial charge in [-0.3, -0.25) is 14.4 Å². The van der Waals surface area contributed by atoms with Gasteiger partial charge in [0.1, 0.15) is 12.1 Å². The Bertz CT molecular complexity index is 402. The molecule has 0 spiro atoms. The van der Waals surface area contributed by atoms with E-state index in [9.17, 15) is 14.4 Å². The molecule has 4 N–H and O–H groups in total. The van der Waals surface area contributed by atoms with Gasteiger partial charge >= 0.3 is 0 Å². The van der Waals surface area contributed by atoms with Gasteiger partial charge in [0, 0.05) is 12.8 Å². The van der Waals surface area contributed by atoms with E-state index in [1.54, 1.807) is 6.92 Å². The van der Waals surface area contributed by atoms with Crippen molar-refractivity contribution >= 4 is 17.7 Å². The predicted octanol–water partition coefficient (Wildman–Crippen LogP) is -1.22. The Balaban J connectivity index is 2.61. The van der Waals surface area contributed by atoms with Crippen molar-refractivity contribution in [2.24, 2.45) is 11.7 Å². The van der Waals surface area contributed by atoms with E-state index in [4.69, 9.17) is 11.0 Å². The number of amides is 3. The van der Waals surface area contributed by atoms with Gasteiger partial charge in [-0.2, -0.15) is 5.26 Å². The van der Waals surface area contributed by atoms with Crippen LogP contribution in [0, 0.1) is 17.2 Å². The molecule has 0 bridgehead atoms. The number of nitrogens with two attached hydrogens (primary N) is 1. The molecule has 0 radical (unpaired) electrons. The monoisotopic (exact) mass is 252 g/mol. The summed E-state index contributed by atoms with van der Waals surface area (Å²) in [6.07, 6.45) is 0.820. The van der Waals surface area contributed by atoms with E-state index in [0.29, 0.717) is 12.8 Å². The van der Waals surface area contributed by atoms with E-state index in [-0.39, 0.29) is 18.2 Å². The van der Waals surface area contributed by atoms with E-state index < -0.39 is 23.9 Å². The molecule has 0 aromatic rings. The van der Waals surface area contributed by atoms with Crippen LogP contribution in [-0.2, 0) is 14.4 Å². The second kappa shape index (κ2) is 6.00. The van der Waals surface area contributed by atoms with E-state index >= 15 is 0 Å². The second-order valence-corrected chi connectivity index (χ2v) is 4.39. The second-order valence-electron chi connectivity index (χ2n) is 4.39. The van der Waals surface area contributed by atoms with Crippen LogP contribution in [0.4, 0.5) is 0 Å². The lowest BCUT2D eigenvalue weighted by Crippen LogP contribution is -2.53. The van der Waals surface area contributed by atoms with Crippen molar-refractivity contribution in [3.8, 4) is 6.07 Å². The zero-order chi connectivity index (χ0) is 13.7. The van der Waals surface area contributed by atoms with Crippen LogP contribution in [0.3, 0.4) is 0 Å². The molecule has 1 saturated heterocycles. The van der Waals surface area contributed by atoms with Crippen molar-refractivity contribution in [1.82, 2.24) is 10.6 Å². The predicted molar refractivity (Wildman–Crippen MR) is 61.7 cm³/mol. The Morgan fingerprint density at radius 1 is 1.67 bits per heavy atom. The number of hydrogen-bond acceptors (Lipinski definition) is 4. The first-order chi connectivity index (χ1) is 8.45. The summed E-state index contributed by atoms with van der Waals surface area (Å²) in [5.41, 5.74) is 5.19. The zero-order valence-corrected chi connectivity index (χ0v) is 10.1. The largest absolute Gasteiger partial charge is 0.368 e. The molecule has 0 unspecified atom stereocenters. The van der Waals surface area contributed by atoms with Crippen LogP contribution in [-0.4, -0.2) is 29.8 Å². The fraction of sp³-hybridized carbons (Fsp3) is 0.636. The van der Waals surface area contributed by atoms with Gasteiger partial charge in [0.25, 0.3) is 0 Å². The fourth-order valence-corrected chi connectivity index (χ4v) is 1.82. The SMILES string of the molecule is C[C@H](CC#N)[C@@H](NC(=O)[C@@H]1CCC(=O)N1)C(N)=O. The molecule has 0 aliphatic carbocycles. The molecule has 1 heterocycles. The third-order valence-corrected chi connectivity index (χ3v) is 2.90. The van der Waals surface area contributed by atoms with Crippen molar-refractivity contribution < 1.29 is 14.4 Å². The minimum atomic E-state index is -0.894. The van der Waals surface area contributed by atoms with Gasteiger partial charge in [-0.15, -0.1) is 0 Å². The van der Waals surface area contributed by atoms with Crippen LogP contribution >= 0.6 is 0 Å². The van der Waals surface area contributed by atoms with Crippen LogP contribution in [0.1, 0.15) is 26.2 Å². The molecule has 1 aliphatic heterocycles. The normalized spacial score (nSPS) is 21.6. The molecule has 0 saturated carbocycles. The summed E-state index contributed by atoms with van der Waals surface area (Å²) >= 11 is 0. The van der Waals surface area contributed by atoms with Gasteiger partial charge in [-0.05, 0) is 12.3 Å². The lowest BCUT2D eigenvalue weighted by Gasteiger charge is -2.22. The minimum Gasteiger partial charge on any atom is -0.368 e. The van der Waals surface area contributed by atoms with Crippen LogP contribution in [0.15, 0.2) is 0 Å². The maximum atomic E-state index is 11.8. The Morgan fingerprint density at radius 2 is 2.33 bits per heavy atom. The zero-order valence-electron chi connectivity index (χ0n) is 10.1. The Kier molecular flexibility index (Phi) is 4.66. The van der Waals surface area contributed by atoms with Crippen molar-refractivity contribution in [3.05, 3.63) is 0 Å². The number of nitrogens with zero attached hydrogens (tertiary/aromatic N) is 1. The summed E-state index contributed by atoms with van der Waals surface area (Å²) in [6.45, 7) is 1.66. The molecule has 7 nitrogen and oxygen atoms in total. The molecular weight excluding hydrogens is 236 g/mol. The summed E-state index contributed by atoms with van der Waals surface area (Å²) in [5, 5.41) is 13.6. The fourth-order valence-electron chi connectivity index (χ4n) is 1.82. The summed E-state index contributed by atoms with van der Waals surface area (Å²) in [7, 11) is 0. The highest BCUT2D eigenvalue weighted by atomic mass is 16.2. The van der Waals surface area contributed by atoms with Gasteiger partial charge < -0.3 is 16.4 Å². The van der Waals surface area contributed by atoms with E-state index in [2.05, 4.69) is 10.6 Å². The lowest BCUT2D eigenvalue weighted by atomic mass is 9.98. The van der Waals surface area contributed by atoms with Crippen LogP contribution in [0.5, 0.6) is 0 Å². The number of primary amides is 1. The first-order valence-corrected chi connectivity index (χ1v) is 5.71. The third kappa shape index (κ3) is 3.45. The number of carbonyl (C=O) groups is 3. The number of hydrogen-bond donors (Lipinski definition) is 3. The Labute approximate surface area is 105 Å². The molecule has 3 atom stereocenters. The van der Waals surface area contributed by atoms with Crippen molar-refractivity contribution in [3.63, 3.8) is 0 Å². The molecule has 1 fully saturated rings. The molecule has 1 aliphatic rings. The minimum absolute atomic E-state index is 0.116. The number of carbonyl (C=O) groups excluding carboxylic acids is 3. The van der Waals surface area contributed by atoms with E-state index in [0.717, 1.165) is 0 Å². The number of rotatable bonds is 5. The summed E-state index contributed by atoms with van der Waals surface area (Å²) in [6, 6.07) is 0.413. The van der Waals surface area contributed by atoms with Crippen molar-refractivity contribution in [2.75, 3.05) is 0 Å². The van der Waals surface area contributed by atoms with Gasteiger partial charge in [0.15, 0.2) is 0 Å². The molecule has 1 rings (SSSR count). The van der Waals surface area contributed by atoms with Crippen LogP contribution in [0.2, 0.25) is 0 Å². The number of nitriles is 1. The first kappa shape index (κ1) is 14.0.